The van der Waals surface area contributed by atoms with Crippen molar-refractivity contribution in [1.29, 1.82) is 0 Å². The number of rotatable bonds is 2. The molecule has 1 aromatic carbocycles. The Morgan fingerprint density at radius 2 is 1.81 bits per heavy atom. The van der Waals surface area contributed by atoms with E-state index < -0.39 is 0 Å². The molecule has 0 bridgehead atoms. The maximum absolute atomic E-state index is 4.76. The topological polar surface area (TPSA) is 68.0 Å². The molecule has 6 nitrogen and oxygen atoms in total. The Kier molecular flexibility index (Phi) is 3.86. The molecule has 27 heavy (non-hydrogen) atoms. The summed E-state index contributed by atoms with van der Waals surface area (Å²) >= 11 is 0. The zero-order valence-corrected chi connectivity index (χ0v) is 15.6. The van der Waals surface area contributed by atoms with Gasteiger partial charge in [0, 0.05) is 18.0 Å². The van der Waals surface area contributed by atoms with Gasteiger partial charge in [0.05, 0.1) is 22.4 Å². The lowest BCUT2D eigenvalue weighted by Gasteiger charge is -2.22. The van der Waals surface area contributed by atoms with E-state index in [1.54, 1.807) is 0 Å². The molecule has 0 saturated carbocycles. The van der Waals surface area contributed by atoms with Gasteiger partial charge in [0.2, 0.25) is 0 Å². The van der Waals surface area contributed by atoms with Gasteiger partial charge in [0.25, 0.3) is 0 Å². The smallest absolute Gasteiger partial charge is 0.183 e. The third-order valence-electron chi connectivity index (χ3n) is 5.44. The third kappa shape index (κ3) is 2.96. The first-order valence-corrected chi connectivity index (χ1v) is 9.49. The molecule has 0 spiro atoms. The van der Waals surface area contributed by atoms with Crippen LogP contribution in [-0.2, 0) is 0 Å². The summed E-state index contributed by atoms with van der Waals surface area (Å²) in [7, 11) is 0. The summed E-state index contributed by atoms with van der Waals surface area (Å²) < 4.78 is 2.08. The highest BCUT2D eigenvalue weighted by Crippen LogP contribution is 2.28. The number of benzene rings is 1. The van der Waals surface area contributed by atoms with E-state index in [4.69, 9.17) is 4.98 Å². The first-order valence-electron chi connectivity index (χ1n) is 9.49. The minimum absolute atomic E-state index is 0.604. The minimum atomic E-state index is 0.604. The zero-order valence-electron chi connectivity index (χ0n) is 15.6. The van der Waals surface area contributed by atoms with Crippen molar-refractivity contribution in [3.63, 3.8) is 0 Å². The Balaban J connectivity index is 1.53. The molecule has 136 valence electrons. The SMILES string of the molecule is Cc1cn2cc(-c3nnc4cc(C5CCNCC5)ccc4n3)cc2c(C)n1. The van der Waals surface area contributed by atoms with E-state index in [0.717, 1.165) is 46.6 Å². The van der Waals surface area contributed by atoms with Crippen molar-refractivity contribution in [3.05, 3.63) is 53.6 Å². The van der Waals surface area contributed by atoms with Crippen LogP contribution in [0.2, 0.25) is 0 Å². The van der Waals surface area contributed by atoms with Gasteiger partial charge in [-0.05, 0) is 69.5 Å². The number of nitrogens with zero attached hydrogens (tertiary/aromatic N) is 5. The molecule has 0 atom stereocenters. The summed E-state index contributed by atoms with van der Waals surface area (Å²) in [4.78, 5) is 9.29. The zero-order chi connectivity index (χ0) is 18.4. The number of aryl methyl sites for hydroxylation is 2. The van der Waals surface area contributed by atoms with Gasteiger partial charge in [0.1, 0.15) is 5.52 Å². The van der Waals surface area contributed by atoms with Gasteiger partial charge in [-0.15, -0.1) is 10.2 Å². The molecule has 4 aromatic rings. The number of fused-ring (bicyclic) bond motifs is 2. The molecule has 1 aliphatic heterocycles. The van der Waals surface area contributed by atoms with E-state index in [0.29, 0.717) is 11.7 Å². The summed E-state index contributed by atoms with van der Waals surface area (Å²) in [6, 6.07) is 8.51. The fourth-order valence-corrected chi connectivity index (χ4v) is 4.04. The fraction of sp³-hybridized carbons (Fsp3) is 0.333. The van der Waals surface area contributed by atoms with E-state index in [-0.39, 0.29) is 0 Å². The number of nitrogens with one attached hydrogen (secondary N) is 1. The molecular formula is C21H22N6. The van der Waals surface area contributed by atoms with Crippen LogP contribution in [0.5, 0.6) is 0 Å². The maximum atomic E-state index is 4.76. The second-order valence-corrected chi connectivity index (χ2v) is 7.40. The number of hydrogen-bond acceptors (Lipinski definition) is 5. The molecule has 1 fully saturated rings. The summed E-state index contributed by atoms with van der Waals surface area (Å²) in [6.07, 6.45) is 6.41. The first-order chi connectivity index (χ1) is 13.2. The monoisotopic (exact) mass is 358 g/mol. The average Bonchev–Trinajstić information content (AvgIpc) is 3.12. The molecule has 0 aliphatic carbocycles. The lowest BCUT2D eigenvalue weighted by molar-refractivity contribution is 0.460. The van der Waals surface area contributed by atoms with Gasteiger partial charge in [-0.1, -0.05) is 6.07 Å². The van der Waals surface area contributed by atoms with Crippen molar-refractivity contribution < 1.29 is 0 Å². The van der Waals surface area contributed by atoms with Gasteiger partial charge in [-0.25, -0.2) is 4.98 Å². The van der Waals surface area contributed by atoms with Crippen molar-refractivity contribution in [2.24, 2.45) is 0 Å². The Bertz CT molecular complexity index is 1140. The highest BCUT2D eigenvalue weighted by molar-refractivity contribution is 5.77. The van der Waals surface area contributed by atoms with Crippen LogP contribution < -0.4 is 5.32 Å². The normalized spacial score (nSPS) is 15.6. The Hall–Kier alpha value is -2.86. The molecular weight excluding hydrogens is 336 g/mol. The molecule has 0 amide bonds. The number of piperidine rings is 1. The van der Waals surface area contributed by atoms with E-state index in [9.17, 15) is 0 Å². The highest BCUT2D eigenvalue weighted by atomic mass is 15.2. The van der Waals surface area contributed by atoms with Gasteiger partial charge >= 0.3 is 0 Å². The van der Waals surface area contributed by atoms with Crippen molar-refractivity contribution in [2.45, 2.75) is 32.6 Å². The van der Waals surface area contributed by atoms with Crippen LogP contribution in [0, 0.1) is 13.8 Å². The molecule has 1 saturated heterocycles. The van der Waals surface area contributed by atoms with Crippen molar-refractivity contribution in [1.82, 2.24) is 29.9 Å². The fourth-order valence-electron chi connectivity index (χ4n) is 4.04. The summed E-state index contributed by atoms with van der Waals surface area (Å²) in [5, 5.41) is 12.3. The molecule has 4 heterocycles. The number of hydrogen-bond donors (Lipinski definition) is 1. The van der Waals surface area contributed by atoms with E-state index in [1.165, 1.54) is 18.4 Å². The van der Waals surface area contributed by atoms with E-state index >= 15 is 0 Å². The van der Waals surface area contributed by atoms with Gasteiger partial charge in [-0.3, -0.25) is 4.98 Å². The van der Waals surface area contributed by atoms with Crippen LogP contribution in [-0.4, -0.2) is 37.7 Å². The summed E-state index contributed by atoms with van der Waals surface area (Å²) in [6.45, 7) is 6.19. The van der Waals surface area contributed by atoms with Crippen LogP contribution in [0.3, 0.4) is 0 Å². The van der Waals surface area contributed by atoms with Crippen molar-refractivity contribution in [2.75, 3.05) is 13.1 Å². The molecule has 0 radical (unpaired) electrons. The summed E-state index contributed by atoms with van der Waals surface area (Å²) in [5.41, 5.74) is 7.13. The largest absolute Gasteiger partial charge is 0.320 e. The molecule has 1 aliphatic rings. The standard InChI is InChI=1S/C21H22N6/c1-13-11-27-12-17(10-20(27)14(2)23-13)21-24-18-4-3-16(9-19(18)25-26-21)15-5-7-22-8-6-15/h3-4,9-12,15,22H,5-8H2,1-2H3. The quantitative estimate of drug-likeness (QED) is 0.595. The Morgan fingerprint density at radius 3 is 2.67 bits per heavy atom. The Labute approximate surface area is 157 Å². The second kappa shape index (κ2) is 6.39. The summed E-state index contributed by atoms with van der Waals surface area (Å²) in [5.74, 6) is 1.26. The molecule has 1 N–H and O–H groups in total. The highest BCUT2D eigenvalue weighted by Gasteiger charge is 2.16. The minimum Gasteiger partial charge on any atom is -0.320 e. The lowest BCUT2D eigenvalue weighted by Crippen LogP contribution is -2.26. The van der Waals surface area contributed by atoms with Crippen LogP contribution in [0.25, 0.3) is 27.9 Å². The molecule has 0 unspecified atom stereocenters. The van der Waals surface area contributed by atoms with Crippen molar-refractivity contribution in [3.8, 4) is 11.4 Å². The first kappa shape index (κ1) is 16.3. The molecule has 5 rings (SSSR count). The van der Waals surface area contributed by atoms with E-state index in [2.05, 4.69) is 49.2 Å². The van der Waals surface area contributed by atoms with Crippen LogP contribution in [0.1, 0.15) is 35.7 Å². The predicted molar refractivity (Wildman–Crippen MR) is 106 cm³/mol. The predicted octanol–water partition coefficient (Wildman–Crippen LogP) is 3.42. The third-order valence-corrected chi connectivity index (χ3v) is 5.44. The molecule has 6 heteroatoms. The van der Waals surface area contributed by atoms with Gasteiger partial charge in [-0.2, -0.15) is 0 Å². The van der Waals surface area contributed by atoms with Crippen molar-refractivity contribution >= 4 is 16.6 Å². The van der Waals surface area contributed by atoms with Crippen LogP contribution >= 0.6 is 0 Å². The lowest BCUT2D eigenvalue weighted by atomic mass is 9.90. The van der Waals surface area contributed by atoms with Crippen LogP contribution in [0.15, 0.2) is 36.7 Å². The molecule has 3 aromatic heterocycles. The van der Waals surface area contributed by atoms with Crippen LogP contribution in [0.4, 0.5) is 0 Å². The second-order valence-electron chi connectivity index (χ2n) is 7.40. The van der Waals surface area contributed by atoms with Gasteiger partial charge in [0.15, 0.2) is 5.82 Å². The van der Waals surface area contributed by atoms with E-state index in [1.807, 2.05) is 26.2 Å². The Morgan fingerprint density at radius 1 is 0.963 bits per heavy atom. The maximum Gasteiger partial charge on any atom is 0.183 e. The van der Waals surface area contributed by atoms with Gasteiger partial charge < -0.3 is 9.72 Å². The average molecular weight is 358 g/mol. The number of aromatic nitrogens is 5.